The molecule has 0 spiro atoms. The first-order valence-corrected chi connectivity index (χ1v) is 6.41. The van der Waals surface area contributed by atoms with Crippen LogP contribution in [0.1, 0.15) is 12.0 Å². The number of ether oxygens (including phenoxy) is 3. The summed E-state index contributed by atoms with van der Waals surface area (Å²) in [7, 11) is 1.66. The van der Waals surface area contributed by atoms with Crippen molar-refractivity contribution in [2.24, 2.45) is 0 Å². The van der Waals surface area contributed by atoms with E-state index in [-0.39, 0.29) is 0 Å². The molecule has 88 valence electrons. The summed E-state index contributed by atoms with van der Waals surface area (Å²) in [6.45, 7) is 1.47. The van der Waals surface area contributed by atoms with Gasteiger partial charge in [-0.25, -0.2) is 0 Å². The van der Waals surface area contributed by atoms with E-state index in [1.54, 1.807) is 7.11 Å². The molecule has 3 nitrogen and oxygen atoms in total. The van der Waals surface area contributed by atoms with Crippen molar-refractivity contribution in [1.82, 2.24) is 0 Å². The minimum Gasteiger partial charge on any atom is -0.497 e. The molecule has 0 saturated carbocycles. The van der Waals surface area contributed by atoms with E-state index in [0.29, 0.717) is 5.33 Å². The number of halogens is 1. The normalized spacial score (nSPS) is 19.4. The molecule has 0 aliphatic carbocycles. The molecule has 1 saturated heterocycles. The highest BCUT2D eigenvalue weighted by atomic mass is 79.9. The first kappa shape index (κ1) is 11.9. The number of hydrogen-bond donors (Lipinski definition) is 0. The number of hydrogen-bond acceptors (Lipinski definition) is 3. The number of alkyl halides is 1. The summed E-state index contributed by atoms with van der Waals surface area (Å²) in [4.78, 5) is 0. The van der Waals surface area contributed by atoms with Crippen molar-refractivity contribution in [3.05, 3.63) is 29.8 Å². The van der Waals surface area contributed by atoms with Crippen LogP contribution in [0.5, 0.6) is 5.75 Å². The van der Waals surface area contributed by atoms with Crippen LogP contribution in [0.15, 0.2) is 24.3 Å². The van der Waals surface area contributed by atoms with Crippen molar-refractivity contribution < 1.29 is 14.2 Å². The van der Waals surface area contributed by atoms with Gasteiger partial charge in [-0.1, -0.05) is 15.9 Å². The molecule has 0 N–H and O–H groups in total. The predicted octanol–water partition coefficient (Wildman–Crippen LogP) is 2.68. The number of benzene rings is 1. The fourth-order valence-corrected chi connectivity index (χ4v) is 2.39. The lowest BCUT2D eigenvalue weighted by atomic mass is 10.1. The highest BCUT2D eigenvalue weighted by molar-refractivity contribution is 9.09. The zero-order valence-electron chi connectivity index (χ0n) is 9.24. The topological polar surface area (TPSA) is 27.7 Å². The molecule has 16 heavy (non-hydrogen) atoms. The molecule has 0 atom stereocenters. The Morgan fingerprint density at radius 1 is 1.25 bits per heavy atom. The molecule has 1 aliphatic heterocycles. The molecule has 0 unspecified atom stereocenters. The van der Waals surface area contributed by atoms with Crippen LogP contribution < -0.4 is 4.74 Å². The Bertz CT molecular complexity index is 331. The van der Waals surface area contributed by atoms with E-state index < -0.39 is 5.79 Å². The van der Waals surface area contributed by atoms with Crippen molar-refractivity contribution >= 4 is 15.9 Å². The molecule has 1 aromatic carbocycles. The van der Waals surface area contributed by atoms with Crippen LogP contribution in [0, 0.1) is 0 Å². The highest BCUT2D eigenvalue weighted by Gasteiger charge is 2.35. The SMILES string of the molecule is COc1ccc(C2(CBr)OCCCO2)cc1. The Balaban J connectivity index is 2.24. The number of methoxy groups -OCH3 is 1. The van der Waals surface area contributed by atoms with Crippen LogP contribution in [0.2, 0.25) is 0 Å². The Morgan fingerprint density at radius 3 is 2.38 bits per heavy atom. The molecule has 1 aliphatic rings. The summed E-state index contributed by atoms with van der Waals surface area (Å²) >= 11 is 3.46. The lowest BCUT2D eigenvalue weighted by Crippen LogP contribution is -2.39. The molecule has 0 bridgehead atoms. The Hall–Kier alpha value is -0.580. The third kappa shape index (κ3) is 2.24. The molecule has 1 heterocycles. The van der Waals surface area contributed by atoms with Crippen molar-refractivity contribution in [3.63, 3.8) is 0 Å². The van der Waals surface area contributed by atoms with E-state index in [1.165, 1.54) is 0 Å². The van der Waals surface area contributed by atoms with Crippen molar-refractivity contribution in [3.8, 4) is 5.75 Å². The van der Waals surface area contributed by atoms with Gasteiger partial charge in [-0.05, 0) is 30.7 Å². The van der Waals surface area contributed by atoms with Gasteiger partial charge in [0.1, 0.15) is 5.75 Å². The lowest BCUT2D eigenvalue weighted by molar-refractivity contribution is -0.260. The molecule has 2 rings (SSSR count). The summed E-state index contributed by atoms with van der Waals surface area (Å²) in [5, 5.41) is 0.631. The molecule has 0 radical (unpaired) electrons. The molecule has 0 aromatic heterocycles. The fraction of sp³-hybridized carbons (Fsp3) is 0.500. The maximum absolute atomic E-state index is 5.76. The van der Waals surface area contributed by atoms with Gasteiger partial charge >= 0.3 is 0 Å². The Morgan fingerprint density at radius 2 is 1.88 bits per heavy atom. The molecule has 0 amide bonds. The van der Waals surface area contributed by atoms with E-state index in [2.05, 4.69) is 15.9 Å². The lowest BCUT2D eigenvalue weighted by Gasteiger charge is -2.36. The van der Waals surface area contributed by atoms with Crippen LogP contribution >= 0.6 is 15.9 Å². The van der Waals surface area contributed by atoms with Crippen LogP contribution in [0.4, 0.5) is 0 Å². The maximum Gasteiger partial charge on any atom is 0.204 e. The monoisotopic (exact) mass is 286 g/mol. The molecule has 1 aromatic rings. The standard InChI is InChI=1S/C12H15BrO3/c1-14-11-5-3-10(4-6-11)12(9-13)15-7-2-8-16-12/h3-6H,2,7-9H2,1H3. The zero-order valence-corrected chi connectivity index (χ0v) is 10.8. The summed E-state index contributed by atoms with van der Waals surface area (Å²) in [5.41, 5.74) is 1.02. The van der Waals surface area contributed by atoms with Gasteiger partial charge in [0.15, 0.2) is 0 Å². The van der Waals surface area contributed by atoms with Crippen molar-refractivity contribution in [2.45, 2.75) is 12.2 Å². The van der Waals surface area contributed by atoms with Gasteiger partial charge < -0.3 is 14.2 Å². The second-order valence-corrected chi connectivity index (χ2v) is 4.23. The Labute approximate surface area is 104 Å². The van der Waals surface area contributed by atoms with Gasteiger partial charge in [0.05, 0.1) is 25.7 Å². The third-order valence-electron chi connectivity index (χ3n) is 2.66. The van der Waals surface area contributed by atoms with Crippen LogP contribution in [0.25, 0.3) is 0 Å². The molecular formula is C12H15BrO3. The van der Waals surface area contributed by atoms with Crippen molar-refractivity contribution in [2.75, 3.05) is 25.7 Å². The average Bonchev–Trinajstić information content (AvgIpc) is 2.39. The second-order valence-electron chi connectivity index (χ2n) is 3.67. The van der Waals surface area contributed by atoms with Gasteiger partial charge in [-0.3, -0.25) is 0 Å². The van der Waals surface area contributed by atoms with Gasteiger partial charge in [0.25, 0.3) is 0 Å². The fourth-order valence-electron chi connectivity index (χ4n) is 1.74. The molecule has 1 fully saturated rings. The summed E-state index contributed by atoms with van der Waals surface area (Å²) in [5.74, 6) is 0.203. The molecule has 4 heteroatoms. The average molecular weight is 287 g/mol. The van der Waals surface area contributed by atoms with Gasteiger partial charge in [-0.15, -0.1) is 0 Å². The second kappa shape index (κ2) is 5.17. The van der Waals surface area contributed by atoms with E-state index in [1.807, 2.05) is 24.3 Å². The van der Waals surface area contributed by atoms with E-state index in [4.69, 9.17) is 14.2 Å². The quantitative estimate of drug-likeness (QED) is 0.800. The van der Waals surface area contributed by atoms with Crippen LogP contribution in [-0.4, -0.2) is 25.7 Å². The van der Waals surface area contributed by atoms with Gasteiger partial charge in [0.2, 0.25) is 5.79 Å². The summed E-state index contributed by atoms with van der Waals surface area (Å²) in [6.07, 6.45) is 0.949. The first-order chi connectivity index (χ1) is 7.80. The maximum atomic E-state index is 5.76. The van der Waals surface area contributed by atoms with E-state index in [0.717, 1.165) is 30.9 Å². The first-order valence-electron chi connectivity index (χ1n) is 5.29. The van der Waals surface area contributed by atoms with Crippen LogP contribution in [-0.2, 0) is 15.3 Å². The summed E-state index contributed by atoms with van der Waals surface area (Å²) in [6, 6.07) is 7.79. The van der Waals surface area contributed by atoms with Gasteiger partial charge in [0, 0.05) is 5.56 Å². The zero-order chi connectivity index (χ0) is 11.4. The number of rotatable bonds is 3. The third-order valence-corrected chi connectivity index (χ3v) is 3.40. The van der Waals surface area contributed by atoms with Crippen LogP contribution in [0.3, 0.4) is 0 Å². The largest absolute Gasteiger partial charge is 0.497 e. The van der Waals surface area contributed by atoms with Gasteiger partial charge in [-0.2, -0.15) is 0 Å². The summed E-state index contributed by atoms with van der Waals surface area (Å²) < 4.78 is 16.7. The van der Waals surface area contributed by atoms with E-state index in [9.17, 15) is 0 Å². The Kier molecular flexibility index (Phi) is 3.84. The predicted molar refractivity (Wildman–Crippen MR) is 65.0 cm³/mol. The smallest absolute Gasteiger partial charge is 0.204 e. The highest BCUT2D eigenvalue weighted by Crippen LogP contribution is 2.33. The van der Waals surface area contributed by atoms with Crippen molar-refractivity contribution in [1.29, 1.82) is 0 Å². The van der Waals surface area contributed by atoms with E-state index >= 15 is 0 Å². The minimum absolute atomic E-state index is 0.631. The minimum atomic E-state index is -0.634. The molecular weight excluding hydrogens is 272 g/mol.